The van der Waals surface area contributed by atoms with Crippen molar-refractivity contribution < 1.29 is 24.2 Å². The average Bonchev–Trinajstić information content (AvgIpc) is 2.69. The minimum atomic E-state index is -0.877. The van der Waals surface area contributed by atoms with Crippen LogP contribution in [0.3, 0.4) is 0 Å². The molecule has 1 aromatic carbocycles. The van der Waals surface area contributed by atoms with Crippen molar-refractivity contribution >= 4 is 11.9 Å². The van der Waals surface area contributed by atoms with E-state index in [4.69, 9.17) is 14.6 Å². The van der Waals surface area contributed by atoms with Crippen LogP contribution in [-0.2, 0) is 4.79 Å². The highest BCUT2D eigenvalue weighted by Crippen LogP contribution is 2.30. The number of carbonyl (C=O) groups is 2. The fourth-order valence-electron chi connectivity index (χ4n) is 2.17. The SMILES string of the molecule is CC(C)(CCC(=O)O)NC(=O)c1ccc2c(c1)OCCCO2. The topological polar surface area (TPSA) is 84.9 Å². The lowest BCUT2D eigenvalue weighted by molar-refractivity contribution is -0.137. The Morgan fingerprint density at radius 1 is 1.23 bits per heavy atom. The molecule has 0 radical (unpaired) electrons. The highest BCUT2D eigenvalue weighted by Gasteiger charge is 2.23. The maximum Gasteiger partial charge on any atom is 0.303 e. The molecular weight excluding hydrogens is 286 g/mol. The van der Waals surface area contributed by atoms with Crippen LogP contribution in [0.1, 0.15) is 43.5 Å². The third-order valence-electron chi connectivity index (χ3n) is 3.43. The van der Waals surface area contributed by atoms with Gasteiger partial charge in [0.2, 0.25) is 0 Å². The van der Waals surface area contributed by atoms with E-state index >= 15 is 0 Å². The number of amides is 1. The highest BCUT2D eigenvalue weighted by molar-refractivity contribution is 5.95. The van der Waals surface area contributed by atoms with E-state index in [1.54, 1.807) is 32.0 Å². The lowest BCUT2D eigenvalue weighted by atomic mass is 9.97. The summed E-state index contributed by atoms with van der Waals surface area (Å²) in [7, 11) is 0. The summed E-state index contributed by atoms with van der Waals surface area (Å²) in [5.41, 5.74) is -0.132. The third kappa shape index (κ3) is 4.38. The molecule has 120 valence electrons. The van der Waals surface area contributed by atoms with Crippen LogP contribution in [0.2, 0.25) is 0 Å². The molecule has 22 heavy (non-hydrogen) atoms. The van der Waals surface area contributed by atoms with Crippen LogP contribution in [0, 0.1) is 0 Å². The smallest absolute Gasteiger partial charge is 0.303 e. The van der Waals surface area contributed by atoms with Crippen molar-refractivity contribution in [1.29, 1.82) is 0 Å². The second-order valence-electron chi connectivity index (χ2n) is 5.94. The number of hydrogen-bond acceptors (Lipinski definition) is 4. The van der Waals surface area contributed by atoms with Crippen molar-refractivity contribution in [2.75, 3.05) is 13.2 Å². The first-order valence-corrected chi connectivity index (χ1v) is 7.31. The van der Waals surface area contributed by atoms with Gasteiger partial charge in [-0.05, 0) is 38.5 Å². The predicted molar refractivity (Wildman–Crippen MR) is 80.5 cm³/mol. The molecule has 0 saturated heterocycles. The Morgan fingerprint density at radius 3 is 2.59 bits per heavy atom. The van der Waals surface area contributed by atoms with Crippen molar-refractivity contribution in [2.45, 2.75) is 38.6 Å². The van der Waals surface area contributed by atoms with Gasteiger partial charge in [0.1, 0.15) is 0 Å². The summed E-state index contributed by atoms with van der Waals surface area (Å²) in [4.78, 5) is 23.0. The van der Waals surface area contributed by atoms with E-state index in [1.165, 1.54) is 0 Å². The van der Waals surface area contributed by atoms with Gasteiger partial charge in [0, 0.05) is 23.9 Å². The molecule has 0 aliphatic carbocycles. The van der Waals surface area contributed by atoms with E-state index < -0.39 is 11.5 Å². The van der Waals surface area contributed by atoms with Crippen LogP contribution < -0.4 is 14.8 Å². The van der Waals surface area contributed by atoms with Gasteiger partial charge in [-0.2, -0.15) is 0 Å². The predicted octanol–water partition coefficient (Wildman–Crippen LogP) is 2.22. The lowest BCUT2D eigenvalue weighted by Crippen LogP contribution is -2.43. The van der Waals surface area contributed by atoms with Crippen LogP contribution in [-0.4, -0.2) is 35.7 Å². The normalized spacial score (nSPS) is 14.1. The zero-order valence-electron chi connectivity index (χ0n) is 12.8. The second-order valence-corrected chi connectivity index (χ2v) is 5.94. The number of nitrogens with one attached hydrogen (secondary N) is 1. The molecule has 0 bridgehead atoms. The molecule has 0 spiro atoms. The Morgan fingerprint density at radius 2 is 1.91 bits per heavy atom. The summed E-state index contributed by atoms with van der Waals surface area (Å²) in [6, 6.07) is 5.05. The molecule has 1 amide bonds. The van der Waals surface area contributed by atoms with Gasteiger partial charge < -0.3 is 19.9 Å². The van der Waals surface area contributed by atoms with Crippen molar-refractivity contribution in [3.05, 3.63) is 23.8 Å². The largest absolute Gasteiger partial charge is 0.490 e. The lowest BCUT2D eigenvalue weighted by Gasteiger charge is -2.25. The molecule has 2 N–H and O–H groups in total. The molecule has 0 unspecified atom stereocenters. The molecule has 1 aliphatic heterocycles. The Hall–Kier alpha value is -2.24. The summed E-state index contributed by atoms with van der Waals surface area (Å²) in [5.74, 6) is 0.0663. The number of ether oxygens (including phenoxy) is 2. The summed E-state index contributed by atoms with van der Waals surface area (Å²) in [6.07, 6.45) is 1.17. The van der Waals surface area contributed by atoms with Crippen LogP contribution in [0.4, 0.5) is 0 Å². The monoisotopic (exact) mass is 307 g/mol. The number of carbonyl (C=O) groups excluding carboxylic acids is 1. The minimum Gasteiger partial charge on any atom is -0.490 e. The number of aliphatic carboxylic acids is 1. The molecule has 1 aromatic rings. The van der Waals surface area contributed by atoms with Gasteiger partial charge in [-0.1, -0.05) is 0 Å². The van der Waals surface area contributed by atoms with Gasteiger partial charge in [0.25, 0.3) is 5.91 Å². The number of hydrogen-bond donors (Lipinski definition) is 2. The number of benzene rings is 1. The Labute approximate surface area is 129 Å². The van der Waals surface area contributed by atoms with Gasteiger partial charge in [0.15, 0.2) is 11.5 Å². The first kappa shape index (κ1) is 16.1. The molecule has 6 nitrogen and oxygen atoms in total. The van der Waals surface area contributed by atoms with Crippen LogP contribution in [0.25, 0.3) is 0 Å². The maximum atomic E-state index is 12.3. The Balaban J connectivity index is 2.06. The Kier molecular flexibility index (Phi) is 4.90. The van der Waals surface area contributed by atoms with E-state index in [-0.39, 0.29) is 12.3 Å². The van der Waals surface area contributed by atoms with E-state index in [9.17, 15) is 9.59 Å². The minimum absolute atomic E-state index is 0.00835. The zero-order chi connectivity index (χ0) is 16.2. The standard InChI is InChI=1S/C16H21NO5/c1-16(2,7-6-14(18)19)17-15(20)11-4-5-12-13(10-11)22-9-3-8-21-12/h4-5,10H,3,6-9H2,1-2H3,(H,17,20)(H,18,19). The molecular formula is C16H21NO5. The molecule has 0 fully saturated rings. The number of fused-ring (bicyclic) bond motifs is 1. The zero-order valence-corrected chi connectivity index (χ0v) is 12.8. The molecule has 6 heteroatoms. The summed E-state index contributed by atoms with van der Waals surface area (Å²) in [5, 5.41) is 11.6. The first-order valence-electron chi connectivity index (χ1n) is 7.31. The average molecular weight is 307 g/mol. The molecule has 1 heterocycles. The van der Waals surface area contributed by atoms with E-state index in [2.05, 4.69) is 5.32 Å². The maximum absolute atomic E-state index is 12.3. The van der Waals surface area contributed by atoms with Gasteiger partial charge in [0.05, 0.1) is 13.2 Å². The summed E-state index contributed by atoms with van der Waals surface area (Å²) < 4.78 is 11.1. The van der Waals surface area contributed by atoms with Gasteiger partial charge >= 0.3 is 5.97 Å². The van der Waals surface area contributed by atoms with E-state index in [0.717, 1.165) is 6.42 Å². The molecule has 0 atom stereocenters. The number of carboxylic acids is 1. The highest BCUT2D eigenvalue weighted by atomic mass is 16.5. The summed E-state index contributed by atoms with van der Waals surface area (Å²) in [6.45, 7) is 4.76. The van der Waals surface area contributed by atoms with Crippen molar-refractivity contribution in [3.63, 3.8) is 0 Å². The first-order chi connectivity index (χ1) is 10.4. The van der Waals surface area contributed by atoms with Crippen molar-refractivity contribution in [3.8, 4) is 11.5 Å². The second kappa shape index (κ2) is 6.68. The number of rotatable bonds is 5. The van der Waals surface area contributed by atoms with Crippen LogP contribution in [0.5, 0.6) is 11.5 Å². The molecule has 0 saturated carbocycles. The van der Waals surface area contributed by atoms with Crippen LogP contribution >= 0.6 is 0 Å². The van der Waals surface area contributed by atoms with E-state index in [0.29, 0.717) is 36.7 Å². The van der Waals surface area contributed by atoms with Crippen molar-refractivity contribution in [2.24, 2.45) is 0 Å². The third-order valence-corrected chi connectivity index (χ3v) is 3.43. The fraction of sp³-hybridized carbons (Fsp3) is 0.500. The number of carboxylic acid groups (broad SMARTS) is 1. The van der Waals surface area contributed by atoms with Gasteiger partial charge in [-0.3, -0.25) is 9.59 Å². The van der Waals surface area contributed by atoms with Gasteiger partial charge in [-0.15, -0.1) is 0 Å². The molecule has 2 rings (SSSR count). The quantitative estimate of drug-likeness (QED) is 0.871. The molecule has 1 aliphatic rings. The summed E-state index contributed by atoms with van der Waals surface area (Å²) >= 11 is 0. The fourth-order valence-corrected chi connectivity index (χ4v) is 2.17. The van der Waals surface area contributed by atoms with E-state index in [1.807, 2.05) is 0 Å². The molecule has 0 aromatic heterocycles. The van der Waals surface area contributed by atoms with Crippen LogP contribution in [0.15, 0.2) is 18.2 Å². The van der Waals surface area contributed by atoms with Gasteiger partial charge in [-0.25, -0.2) is 0 Å². The van der Waals surface area contributed by atoms with Crippen molar-refractivity contribution in [1.82, 2.24) is 5.32 Å². The Bertz CT molecular complexity index is 568.